The Bertz CT molecular complexity index is 652. The Morgan fingerprint density at radius 2 is 2.00 bits per heavy atom. The maximum absolute atomic E-state index is 11.9. The van der Waals surface area contributed by atoms with E-state index >= 15 is 0 Å². The molecule has 1 aliphatic rings. The maximum atomic E-state index is 11.9. The second-order valence-corrected chi connectivity index (χ2v) is 8.69. The summed E-state index contributed by atoms with van der Waals surface area (Å²) >= 11 is 6.36. The Morgan fingerprint density at radius 3 is 2.60 bits per heavy atom. The topological polar surface area (TPSA) is 63.2 Å². The zero-order valence-electron chi connectivity index (χ0n) is 11.7. The van der Waals surface area contributed by atoms with Crippen LogP contribution in [0.5, 0.6) is 0 Å². The fourth-order valence-corrected chi connectivity index (χ4v) is 3.31. The van der Waals surface area contributed by atoms with Crippen molar-refractivity contribution in [1.29, 1.82) is 0 Å². The lowest BCUT2D eigenvalue weighted by Gasteiger charge is -2.29. The summed E-state index contributed by atoms with van der Waals surface area (Å²) in [6.07, 6.45) is 1.96. The van der Waals surface area contributed by atoms with Crippen LogP contribution in [0.3, 0.4) is 0 Å². The molecule has 20 heavy (non-hydrogen) atoms. The normalized spacial score (nSPS) is 17.3. The highest BCUT2D eigenvalue weighted by Gasteiger charge is 2.39. The highest BCUT2D eigenvalue weighted by atomic mass is 35.5. The number of carbonyl (C=O) groups is 1. The lowest BCUT2D eigenvalue weighted by molar-refractivity contribution is 0.0946. The Kier molecular flexibility index (Phi) is 3.86. The molecule has 2 rings (SSSR count). The number of fused-ring (bicyclic) bond motifs is 1. The molecular weight excluding hydrogens is 298 g/mol. The van der Waals surface area contributed by atoms with Gasteiger partial charge >= 0.3 is 0 Å². The van der Waals surface area contributed by atoms with Gasteiger partial charge in [-0.15, -0.1) is 11.6 Å². The third kappa shape index (κ3) is 2.56. The van der Waals surface area contributed by atoms with E-state index in [2.05, 4.69) is 5.32 Å². The van der Waals surface area contributed by atoms with Crippen LogP contribution in [0, 0.1) is 0 Å². The second kappa shape index (κ2) is 5.04. The molecule has 0 aromatic heterocycles. The van der Waals surface area contributed by atoms with Crippen molar-refractivity contribution in [3.05, 3.63) is 34.9 Å². The molecule has 0 spiro atoms. The molecule has 0 bridgehead atoms. The van der Waals surface area contributed by atoms with Gasteiger partial charge in [0.1, 0.15) is 0 Å². The van der Waals surface area contributed by atoms with E-state index in [4.69, 9.17) is 11.6 Å². The first-order chi connectivity index (χ1) is 9.14. The van der Waals surface area contributed by atoms with E-state index in [1.165, 1.54) is 6.26 Å². The van der Waals surface area contributed by atoms with Crippen molar-refractivity contribution in [1.82, 2.24) is 5.32 Å². The molecular formula is C14H18ClNO3S. The molecule has 1 aromatic carbocycles. The molecule has 0 aliphatic carbocycles. The van der Waals surface area contributed by atoms with E-state index in [1.807, 2.05) is 12.1 Å². The fraction of sp³-hybridized carbons (Fsp3) is 0.500. The van der Waals surface area contributed by atoms with Gasteiger partial charge in [-0.1, -0.05) is 12.1 Å². The minimum Gasteiger partial charge on any atom is -0.352 e. The molecule has 1 aromatic rings. The van der Waals surface area contributed by atoms with E-state index in [0.717, 1.165) is 12.0 Å². The largest absolute Gasteiger partial charge is 0.352 e. The van der Waals surface area contributed by atoms with Crippen LogP contribution in [0.2, 0.25) is 0 Å². The molecule has 0 saturated heterocycles. The first kappa shape index (κ1) is 15.3. The average Bonchev–Trinajstić information content (AvgIpc) is 2.36. The smallest absolute Gasteiger partial charge is 0.251 e. The number of hydrogen-bond acceptors (Lipinski definition) is 3. The third-order valence-corrected chi connectivity index (χ3v) is 6.99. The summed E-state index contributed by atoms with van der Waals surface area (Å²) in [5.74, 6) is -0.130. The van der Waals surface area contributed by atoms with Crippen LogP contribution in [0.1, 0.15) is 40.7 Å². The van der Waals surface area contributed by atoms with E-state index in [1.54, 1.807) is 19.9 Å². The Balaban J connectivity index is 2.44. The van der Waals surface area contributed by atoms with Gasteiger partial charge in [-0.05, 0) is 37.5 Å². The Morgan fingerprint density at radius 1 is 1.35 bits per heavy atom. The Labute approximate surface area is 124 Å². The summed E-state index contributed by atoms with van der Waals surface area (Å²) in [6, 6.07) is 5.37. The zero-order valence-corrected chi connectivity index (χ0v) is 13.3. The van der Waals surface area contributed by atoms with Crippen molar-refractivity contribution >= 4 is 27.3 Å². The first-order valence-electron chi connectivity index (χ1n) is 6.39. The number of alkyl halides is 1. The summed E-state index contributed by atoms with van der Waals surface area (Å²) in [5.41, 5.74) is 2.21. The van der Waals surface area contributed by atoms with Gasteiger partial charge < -0.3 is 5.32 Å². The van der Waals surface area contributed by atoms with E-state index in [9.17, 15) is 13.2 Å². The van der Waals surface area contributed by atoms with Gasteiger partial charge in [0.2, 0.25) is 0 Å². The molecule has 0 radical (unpaired) electrons. The van der Waals surface area contributed by atoms with Crippen molar-refractivity contribution in [2.45, 2.75) is 30.4 Å². The lowest BCUT2D eigenvalue weighted by Crippen LogP contribution is -2.36. The van der Waals surface area contributed by atoms with E-state index in [0.29, 0.717) is 17.7 Å². The minimum absolute atomic E-state index is 0.130. The first-order valence-corrected chi connectivity index (χ1v) is 8.72. The monoisotopic (exact) mass is 315 g/mol. The number of carbonyl (C=O) groups excluding carboxylic acids is 1. The van der Waals surface area contributed by atoms with Gasteiger partial charge in [-0.25, -0.2) is 8.42 Å². The quantitative estimate of drug-likeness (QED) is 0.869. The zero-order chi connectivity index (χ0) is 15.1. The number of amides is 1. The van der Waals surface area contributed by atoms with E-state index < -0.39 is 20.0 Å². The molecule has 1 aliphatic heterocycles. The fourth-order valence-electron chi connectivity index (χ4n) is 2.18. The molecule has 1 amide bonds. The van der Waals surface area contributed by atoms with Gasteiger partial charge in [0, 0.05) is 18.4 Å². The minimum atomic E-state index is -3.32. The predicted octanol–water partition coefficient (Wildman–Crippen LogP) is 2.08. The van der Waals surface area contributed by atoms with Gasteiger partial charge in [0.05, 0.1) is 10.1 Å². The number of halogens is 1. The molecule has 1 heterocycles. The highest BCUT2D eigenvalue weighted by molar-refractivity contribution is 7.92. The van der Waals surface area contributed by atoms with Crippen LogP contribution in [0.15, 0.2) is 18.2 Å². The lowest BCUT2D eigenvalue weighted by atomic mass is 9.94. The van der Waals surface area contributed by atoms with Gasteiger partial charge in [-0.2, -0.15) is 0 Å². The van der Waals surface area contributed by atoms with Crippen molar-refractivity contribution in [3.63, 3.8) is 0 Å². The molecule has 1 N–H and O–H groups in total. The summed E-state index contributed by atoms with van der Waals surface area (Å²) in [4.78, 5) is 11.8. The standard InChI is InChI=1S/C14H18ClNO3S/c1-14(2,20(3,18)19)12(15)10-5-4-9-6-7-16-13(17)11(9)8-10/h4-5,8,12H,6-7H2,1-3H3,(H,16,17). The molecule has 4 nitrogen and oxygen atoms in total. The van der Waals surface area contributed by atoms with E-state index in [-0.39, 0.29) is 5.91 Å². The molecule has 0 fully saturated rings. The van der Waals surface area contributed by atoms with Crippen LogP contribution in [-0.2, 0) is 16.3 Å². The van der Waals surface area contributed by atoms with Crippen LogP contribution < -0.4 is 5.32 Å². The van der Waals surface area contributed by atoms with Crippen LogP contribution >= 0.6 is 11.6 Å². The van der Waals surface area contributed by atoms with Gasteiger partial charge in [0.15, 0.2) is 9.84 Å². The molecule has 1 atom stereocenters. The molecule has 1 unspecified atom stereocenters. The summed E-state index contributed by atoms with van der Waals surface area (Å²) in [5, 5.41) is 2.06. The molecule has 0 saturated carbocycles. The summed E-state index contributed by atoms with van der Waals surface area (Å²) in [6.45, 7) is 3.82. The van der Waals surface area contributed by atoms with Crippen LogP contribution in [-0.4, -0.2) is 31.9 Å². The summed E-state index contributed by atoms with van der Waals surface area (Å²) < 4.78 is 22.6. The van der Waals surface area contributed by atoms with Crippen molar-refractivity contribution in [3.8, 4) is 0 Å². The van der Waals surface area contributed by atoms with Crippen molar-refractivity contribution in [2.24, 2.45) is 0 Å². The van der Waals surface area contributed by atoms with Crippen LogP contribution in [0.4, 0.5) is 0 Å². The van der Waals surface area contributed by atoms with Gasteiger partial charge in [0.25, 0.3) is 5.91 Å². The average molecular weight is 316 g/mol. The van der Waals surface area contributed by atoms with Gasteiger partial charge in [-0.3, -0.25) is 4.79 Å². The maximum Gasteiger partial charge on any atom is 0.251 e. The van der Waals surface area contributed by atoms with Crippen molar-refractivity contribution < 1.29 is 13.2 Å². The molecule has 110 valence electrons. The number of rotatable bonds is 3. The van der Waals surface area contributed by atoms with Crippen LogP contribution in [0.25, 0.3) is 0 Å². The number of nitrogens with one attached hydrogen (secondary N) is 1. The third-order valence-electron chi connectivity index (χ3n) is 3.92. The highest BCUT2D eigenvalue weighted by Crippen LogP contribution is 2.38. The van der Waals surface area contributed by atoms with Crippen molar-refractivity contribution in [2.75, 3.05) is 12.8 Å². The number of hydrogen-bond donors (Lipinski definition) is 1. The number of benzene rings is 1. The predicted molar refractivity (Wildman–Crippen MR) is 80.0 cm³/mol. The Hall–Kier alpha value is -1.07. The summed E-state index contributed by atoms with van der Waals surface area (Å²) in [7, 11) is -3.32. The number of sulfone groups is 1. The SMILES string of the molecule is CC(C)(C(Cl)c1ccc2c(c1)C(=O)NCC2)S(C)(=O)=O. The second-order valence-electron chi connectivity index (χ2n) is 5.66. The molecule has 6 heteroatoms.